The van der Waals surface area contributed by atoms with E-state index in [0.29, 0.717) is 16.6 Å². The number of nitrogens with one attached hydrogen (secondary N) is 2. The molecule has 26 heavy (non-hydrogen) atoms. The summed E-state index contributed by atoms with van der Waals surface area (Å²) in [7, 11) is -3.75. The van der Waals surface area contributed by atoms with E-state index in [9.17, 15) is 8.42 Å². The molecule has 6 nitrogen and oxygen atoms in total. The lowest BCUT2D eigenvalue weighted by Crippen LogP contribution is -2.13. The fraction of sp³-hybridized carbons (Fsp3) is 0.111. The lowest BCUT2D eigenvalue weighted by molar-refractivity contribution is 0.602. The van der Waals surface area contributed by atoms with Gasteiger partial charge in [0.15, 0.2) is 0 Å². The molecule has 0 atom stereocenters. The fourth-order valence-corrected chi connectivity index (χ4v) is 4.71. The molecule has 3 aromatic carbocycles. The maximum absolute atomic E-state index is 13.0. The minimum atomic E-state index is -3.75. The first-order valence-electron chi connectivity index (χ1n) is 8.09. The zero-order valence-electron chi connectivity index (χ0n) is 13.9. The van der Waals surface area contributed by atoms with Gasteiger partial charge in [0.2, 0.25) is 0 Å². The molecule has 1 heterocycles. The first-order chi connectivity index (χ1) is 12.6. The van der Waals surface area contributed by atoms with Crippen molar-refractivity contribution in [2.45, 2.75) is 11.8 Å². The summed E-state index contributed by atoms with van der Waals surface area (Å²) in [6.07, 6.45) is 0. The monoisotopic (exact) mass is 384 g/mol. The third-order valence-corrected chi connectivity index (χ3v) is 6.04. The number of fused-ring (bicyclic) bond motifs is 2. The van der Waals surface area contributed by atoms with Crippen molar-refractivity contribution in [2.24, 2.45) is 0 Å². The third kappa shape index (κ3) is 2.97. The van der Waals surface area contributed by atoms with Crippen LogP contribution in [0.3, 0.4) is 0 Å². The molecule has 4 aromatic rings. The molecule has 0 bridgehead atoms. The maximum Gasteiger partial charge on any atom is 0.262 e. The number of hydrogen-bond donors (Lipinski definition) is 2. The van der Waals surface area contributed by atoms with Crippen LogP contribution in [-0.4, -0.2) is 23.7 Å². The van der Waals surface area contributed by atoms with E-state index < -0.39 is 10.0 Å². The second-order valence-electron chi connectivity index (χ2n) is 5.76. The van der Waals surface area contributed by atoms with Gasteiger partial charge in [-0.1, -0.05) is 24.3 Å². The predicted octanol–water partition coefficient (Wildman–Crippen LogP) is 4.08. The minimum Gasteiger partial charge on any atom is -0.385 e. The van der Waals surface area contributed by atoms with E-state index in [0.717, 1.165) is 34.9 Å². The summed E-state index contributed by atoms with van der Waals surface area (Å²) in [5, 5.41) is 4.81. The summed E-state index contributed by atoms with van der Waals surface area (Å²) in [6.45, 7) is 2.76. The molecule has 0 aliphatic carbocycles. The highest BCUT2D eigenvalue weighted by Crippen LogP contribution is 2.30. The van der Waals surface area contributed by atoms with Gasteiger partial charge in [0.1, 0.15) is 11.0 Å². The van der Waals surface area contributed by atoms with E-state index >= 15 is 0 Å². The normalized spacial score (nSPS) is 11.7. The van der Waals surface area contributed by atoms with Crippen LogP contribution in [-0.2, 0) is 10.0 Å². The summed E-state index contributed by atoms with van der Waals surface area (Å²) in [4.78, 5) is 0.242. The molecule has 0 aliphatic heterocycles. The smallest absolute Gasteiger partial charge is 0.262 e. The van der Waals surface area contributed by atoms with E-state index in [-0.39, 0.29) is 4.90 Å². The zero-order chi connectivity index (χ0) is 18.1. The highest BCUT2D eigenvalue weighted by atomic mass is 32.2. The second kappa shape index (κ2) is 6.54. The molecule has 0 fully saturated rings. The number of rotatable bonds is 5. The lowest BCUT2D eigenvalue weighted by Gasteiger charge is -2.13. The first kappa shape index (κ1) is 16.7. The highest BCUT2D eigenvalue weighted by molar-refractivity contribution is 7.93. The quantitative estimate of drug-likeness (QED) is 0.542. The summed E-state index contributed by atoms with van der Waals surface area (Å²) in [6, 6.07) is 16.0. The standard InChI is InChI=1S/C18H16N4O2S2/c1-2-19-15-7-3-6-14-13(15)5-4-8-18(14)26(23,24)22-12-9-10-16-17(11-12)21-25-20-16/h3-11,19,22H,2H2,1H3. The van der Waals surface area contributed by atoms with Crippen LogP contribution in [0.2, 0.25) is 0 Å². The maximum atomic E-state index is 13.0. The van der Waals surface area contributed by atoms with Gasteiger partial charge in [0, 0.05) is 23.0 Å². The molecule has 0 spiro atoms. The van der Waals surface area contributed by atoms with Crippen molar-refractivity contribution in [1.29, 1.82) is 0 Å². The zero-order valence-corrected chi connectivity index (χ0v) is 15.6. The van der Waals surface area contributed by atoms with Gasteiger partial charge >= 0.3 is 0 Å². The van der Waals surface area contributed by atoms with Crippen molar-refractivity contribution in [1.82, 2.24) is 8.75 Å². The molecule has 2 N–H and O–H groups in total. The summed E-state index contributed by atoms with van der Waals surface area (Å²) >= 11 is 1.10. The van der Waals surface area contributed by atoms with Crippen LogP contribution in [0, 0.1) is 0 Å². The SMILES string of the molecule is CCNc1cccc2c(S(=O)(=O)Nc3ccc4nsnc4c3)cccc12. The molecule has 0 saturated heterocycles. The Morgan fingerprint density at radius 1 is 0.962 bits per heavy atom. The van der Waals surface area contributed by atoms with Crippen molar-refractivity contribution < 1.29 is 8.42 Å². The Bertz CT molecular complexity index is 1200. The number of hydrogen-bond acceptors (Lipinski definition) is 6. The molecular formula is C18H16N4O2S2. The average molecular weight is 384 g/mol. The van der Waals surface area contributed by atoms with E-state index in [1.807, 2.05) is 31.2 Å². The number of aromatic nitrogens is 2. The highest BCUT2D eigenvalue weighted by Gasteiger charge is 2.18. The van der Waals surface area contributed by atoms with E-state index in [1.165, 1.54) is 0 Å². The number of anilines is 2. The Hall–Kier alpha value is -2.71. The van der Waals surface area contributed by atoms with Crippen LogP contribution >= 0.6 is 11.7 Å². The second-order valence-corrected chi connectivity index (χ2v) is 7.94. The summed E-state index contributed by atoms with van der Waals surface area (Å²) in [5.41, 5.74) is 2.79. The van der Waals surface area contributed by atoms with Crippen LogP contribution in [0.25, 0.3) is 21.8 Å². The molecular weight excluding hydrogens is 368 g/mol. The Morgan fingerprint density at radius 2 is 1.73 bits per heavy atom. The summed E-state index contributed by atoms with van der Waals surface area (Å²) < 4.78 is 36.9. The molecule has 0 unspecified atom stereocenters. The molecule has 0 amide bonds. The van der Waals surface area contributed by atoms with Crippen LogP contribution in [0.4, 0.5) is 11.4 Å². The molecule has 8 heteroatoms. The van der Waals surface area contributed by atoms with Crippen LogP contribution in [0.5, 0.6) is 0 Å². The van der Waals surface area contributed by atoms with Gasteiger partial charge in [-0.15, -0.1) is 0 Å². The van der Waals surface area contributed by atoms with Crippen molar-refractivity contribution in [3.05, 3.63) is 54.6 Å². The Balaban J connectivity index is 1.79. The summed E-state index contributed by atoms with van der Waals surface area (Å²) in [5.74, 6) is 0. The topological polar surface area (TPSA) is 84.0 Å². The van der Waals surface area contributed by atoms with Gasteiger partial charge in [0.25, 0.3) is 10.0 Å². The predicted molar refractivity (Wildman–Crippen MR) is 106 cm³/mol. The number of benzene rings is 3. The fourth-order valence-electron chi connectivity index (χ4n) is 2.92. The largest absolute Gasteiger partial charge is 0.385 e. The number of sulfonamides is 1. The van der Waals surface area contributed by atoms with Crippen molar-refractivity contribution in [3.63, 3.8) is 0 Å². The van der Waals surface area contributed by atoms with E-state index in [4.69, 9.17) is 0 Å². The Labute approximate surface area is 155 Å². The third-order valence-electron chi connectivity index (χ3n) is 4.04. The lowest BCUT2D eigenvalue weighted by atomic mass is 10.1. The van der Waals surface area contributed by atoms with E-state index in [2.05, 4.69) is 18.8 Å². The minimum absolute atomic E-state index is 0.242. The van der Waals surface area contributed by atoms with Gasteiger partial charge in [-0.2, -0.15) is 8.75 Å². The van der Waals surface area contributed by atoms with Crippen molar-refractivity contribution in [2.75, 3.05) is 16.6 Å². The van der Waals surface area contributed by atoms with Gasteiger partial charge in [-0.3, -0.25) is 4.72 Å². The molecule has 132 valence electrons. The van der Waals surface area contributed by atoms with Gasteiger partial charge in [-0.25, -0.2) is 8.42 Å². The molecule has 0 radical (unpaired) electrons. The first-order valence-corrected chi connectivity index (χ1v) is 10.3. The molecule has 1 aromatic heterocycles. The Kier molecular flexibility index (Phi) is 4.21. The van der Waals surface area contributed by atoms with Crippen LogP contribution < -0.4 is 10.0 Å². The van der Waals surface area contributed by atoms with Gasteiger partial charge in [-0.05, 0) is 37.3 Å². The Morgan fingerprint density at radius 3 is 2.58 bits per heavy atom. The number of nitrogens with zero attached hydrogens (tertiary/aromatic N) is 2. The van der Waals surface area contributed by atoms with Crippen LogP contribution in [0.15, 0.2) is 59.5 Å². The molecule has 0 aliphatic rings. The van der Waals surface area contributed by atoms with Crippen molar-refractivity contribution in [3.8, 4) is 0 Å². The molecule has 4 rings (SSSR count). The van der Waals surface area contributed by atoms with Crippen LogP contribution in [0.1, 0.15) is 6.92 Å². The van der Waals surface area contributed by atoms with Crippen molar-refractivity contribution >= 4 is 54.9 Å². The van der Waals surface area contributed by atoms with Gasteiger partial charge in [0.05, 0.1) is 22.3 Å². The molecule has 0 saturated carbocycles. The van der Waals surface area contributed by atoms with Gasteiger partial charge < -0.3 is 5.32 Å². The van der Waals surface area contributed by atoms with E-state index in [1.54, 1.807) is 30.3 Å². The average Bonchev–Trinajstić information content (AvgIpc) is 3.09.